The fraction of sp³-hybridized carbons (Fsp3) is 0.522. The Bertz CT molecular complexity index is 969. The highest BCUT2D eigenvalue weighted by atomic mass is 35.5. The average molecular weight is 446 g/mol. The summed E-state index contributed by atoms with van der Waals surface area (Å²) in [5, 5.41) is 3.33. The summed E-state index contributed by atoms with van der Waals surface area (Å²) in [5.74, 6) is 5.06. The minimum absolute atomic E-state index is 0. The third kappa shape index (κ3) is 5.21. The summed E-state index contributed by atoms with van der Waals surface area (Å²) in [6.45, 7) is 7.02. The van der Waals surface area contributed by atoms with Crippen molar-refractivity contribution < 1.29 is 9.47 Å². The minimum atomic E-state index is 0. The number of hydrogen-bond donors (Lipinski definition) is 2. The number of hydrogen-bond acceptors (Lipinski definition) is 6. The highest BCUT2D eigenvalue weighted by Crippen LogP contribution is 2.33. The lowest BCUT2D eigenvalue weighted by Crippen LogP contribution is -2.12. The Labute approximate surface area is 190 Å². The molecule has 0 spiro atoms. The van der Waals surface area contributed by atoms with E-state index < -0.39 is 0 Å². The van der Waals surface area contributed by atoms with Gasteiger partial charge in [-0.1, -0.05) is 19.9 Å². The Morgan fingerprint density at radius 1 is 1.13 bits per heavy atom. The Kier molecular flexibility index (Phi) is 7.59. The molecule has 1 fully saturated rings. The first-order chi connectivity index (χ1) is 14.6. The van der Waals surface area contributed by atoms with Gasteiger partial charge in [-0.05, 0) is 50.3 Å². The molecule has 0 atom stereocenters. The zero-order valence-corrected chi connectivity index (χ0v) is 19.5. The van der Waals surface area contributed by atoms with Crippen molar-refractivity contribution in [2.45, 2.75) is 64.9 Å². The van der Waals surface area contributed by atoms with Crippen LogP contribution in [0.2, 0.25) is 0 Å². The van der Waals surface area contributed by atoms with Gasteiger partial charge in [-0.3, -0.25) is 0 Å². The number of imidazole rings is 1. The molecule has 1 aromatic carbocycles. The summed E-state index contributed by atoms with van der Waals surface area (Å²) in [6, 6.07) is 6.10. The first-order valence-electron chi connectivity index (χ1n) is 10.9. The van der Waals surface area contributed by atoms with E-state index in [1.54, 1.807) is 7.11 Å². The Morgan fingerprint density at radius 3 is 2.58 bits per heavy atom. The largest absolute Gasteiger partial charge is 0.493 e. The lowest BCUT2D eigenvalue weighted by molar-refractivity contribution is 0.200. The van der Waals surface area contributed by atoms with Crippen LogP contribution in [-0.4, -0.2) is 39.7 Å². The Morgan fingerprint density at radius 2 is 1.90 bits per heavy atom. The fourth-order valence-electron chi connectivity index (χ4n) is 3.90. The van der Waals surface area contributed by atoms with Crippen LogP contribution in [0.1, 0.15) is 69.6 Å². The molecule has 168 valence electrons. The van der Waals surface area contributed by atoms with Gasteiger partial charge in [0.25, 0.3) is 0 Å². The number of H-pyrrole nitrogens is 1. The molecular weight excluding hydrogens is 414 g/mol. The number of methoxy groups -OCH3 is 1. The predicted octanol–water partition coefficient (Wildman–Crippen LogP) is 5.20. The number of rotatable bonds is 8. The van der Waals surface area contributed by atoms with Gasteiger partial charge in [-0.2, -0.15) is 0 Å². The standard InChI is InChI=1S/C23H31N5O2.ClH/c1-5-24-22-20-23(28-21(27-20)14(2)3)26-19(25-22)13-15-10-11-17(29-4)18(12-15)30-16-8-6-7-9-16;/h10-12,14,16H,5-9,13H2,1-4H3,(H2,24,25,26,27,28);1H. The van der Waals surface area contributed by atoms with E-state index in [2.05, 4.69) is 53.2 Å². The van der Waals surface area contributed by atoms with E-state index in [0.29, 0.717) is 6.42 Å². The van der Waals surface area contributed by atoms with Gasteiger partial charge in [0.15, 0.2) is 28.8 Å². The van der Waals surface area contributed by atoms with Crippen molar-refractivity contribution in [3.8, 4) is 23.0 Å². The number of aromatic amines is 1. The van der Waals surface area contributed by atoms with E-state index in [0.717, 1.165) is 65.4 Å². The molecule has 0 radical (unpaired) electrons. The van der Waals surface area contributed by atoms with E-state index in [1.807, 2.05) is 6.07 Å². The Hall–Kier alpha value is -2.54. The molecule has 2 aliphatic heterocycles. The van der Waals surface area contributed by atoms with E-state index in [9.17, 15) is 0 Å². The van der Waals surface area contributed by atoms with E-state index in [-0.39, 0.29) is 24.4 Å². The molecule has 1 aromatic rings. The first-order valence-corrected chi connectivity index (χ1v) is 10.9. The molecule has 0 bridgehead atoms. The van der Waals surface area contributed by atoms with Crippen LogP contribution < -0.4 is 14.8 Å². The Balaban J connectivity index is 0.00000272. The van der Waals surface area contributed by atoms with Crippen molar-refractivity contribution >= 4 is 18.2 Å². The number of nitrogens with one attached hydrogen (secondary N) is 2. The molecule has 8 heteroatoms. The normalized spacial score (nSPS) is 14.1. The molecule has 3 aliphatic rings. The summed E-state index contributed by atoms with van der Waals surface area (Å²) < 4.78 is 11.8. The van der Waals surface area contributed by atoms with Crippen molar-refractivity contribution in [2.75, 3.05) is 19.0 Å². The van der Waals surface area contributed by atoms with Gasteiger partial charge in [0.1, 0.15) is 11.6 Å². The summed E-state index contributed by atoms with van der Waals surface area (Å²) in [7, 11) is 1.68. The minimum Gasteiger partial charge on any atom is -0.493 e. The molecular formula is C23H32ClN5O2. The van der Waals surface area contributed by atoms with Gasteiger partial charge in [-0.25, -0.2) is 15.0 Å². The quantitative estimate of drug-likeness (QED) is 0.495. The second-order valence-electron chi connectivity index (χ2n) is 8.18. The monoisotopic (exact) mass is 445 g/mol. The molecule has 7 nitrogen and oxygen atoms in total. The summed E-state index contributed by atoms with van der Waals surface area (Å²) in [4.78, 5) is 17.5. The van der Waals surface area contributed by atoms with Crippen molar-refractivity contribution in [3.05, 3.63) is 35.4 Å². The van der Waals surface area contributed by atoms with Gasteiger partial charge in [0.05, 0.1) is 13.2 Å². The van der Waals surface area contributed by atoms with Crippen LogP contribution in [0.15, 0.2) is 18.2 Å². The zero-order valence-electron chi connectivity index (χ0n) is 18.7. The predicted molar refractivity (Wildman–Crippen MR) is 125 cm³/mol. The van der Waals surface area contributed by atoms with Gasteiger partial charge in [0, 0.05) is 18.9 Å². The number of benzene rings is 1. The van der Waals surface area contributed by atoms with Crippen LogP contribution in [0.4, 0.5) is 5.82 Å². The molecule has 1 saturated carbocycles. The second-order valence-corrected chi connectivity index (χ2v) is 8.18. The van der Waals surface area contributed by atoms with E-state index in [1.165, 1.54) is 12.8 Å². The lowest BCUT2D eigenvalue weighted by Gasteiger charge is -2.17. The topological polar surface area (TPSA) is 85.0 Å². The third-order valence-electron chi connectivity index (χ3n) is 5.47. The number of aromatic nitrogens is 4. The smallest absolute Gasteiger partial charge is 0.163 e. The van der Waals surface area contributed by atoms with Gasteiger partial charge in [-0.15, -0.1) is 12.4 Å². The number of nitrogens with zero attached hydrogens (tertiary/aromatic N) is 3. The molecule has 0 aromatic heterocycles. The van der Waals surface area contributed by atoms with Crippen molar-refractivity contribution in [2.24, 2.45) is 0 Å². The molecule has 0 unspecified atom stereocenters. The molecule has 0 amide bonds. The molecule has 2 N–H and O–H groups in total. The zero-order chi connectivity index (χ0) is 21.1. The first kappa shape index (κ1) is 23.1. The SMILES string of the molecule is CCNc1nc(Cc2ccc(OC)c(OC3CCCC3)c2)[nH]c2nc(C(C)C)nc1-2.Cl. The number of ether oxygens (including phenoxy) is 2. The van der Waals surface area contributed by atoms with Gasteiger partial charge >= 0.3 is 0 Å². The van der Waals surface area contributed by atoms with Crippen LogP contribution in [0.25, 0.3) is 11.5 Å². The van der Waals surface area contributed by atoms with Crippen LogP contribution in [-0.2, 0) is 6.42 Å². The molecule has 1 aliphatic carbocycles. The lowest BCUT2D eigenvalue weighted by atomic mass is 10.1. The summed E-state index contributed by atoms with van der Waals surface area (Å²) >= 11 is 0. The molecule has 4 rings (SSSR count). The van der Waals surface area contributed by atoms with E-state index in [4.69, 9.17) is 14.5 Å². The third-order valence-corrected chi connectivity index (χ3v) is 5.47. The number of halogens is 1. The fourth-order valence-corrected chi connectivity index (χ4v) is 3.90. The average Bonchev–Trinajstić information content (AvgIpc) is 3.38. The highest BCUT2D eigenvalue weighted by molar-refractivity contribution is 5.85. The van der Waals surface area contributed by atoms with Gasteiger partial charge < -0.3 is 19.8 Å². The van der Waals surface area contributed by atoms with Crippen LogP contribution in [0, 0.1) is 0 Å². The maximum Gasteiger partial charge on any atom is 0.163 e. The van der Waals surface area contributed by atoms with Crippen LogP contribution in [0.3, 0.4) is 0 Å². The van der Waals surface area contributed by atoms with Crippen LogP contribution >= 0.6 is 12.4 Å². The van der Waals surface area contributed by atoms with Gasteiger partial charge in [0.2, 0.25) is 0 Å². The maximum absolute atomic E-state index is 6.25. The second kappa shape index (κ2) is 10.2. The number of anilines is 1. The van der Waals surface area contributed by atoms with E-state index >= 15 is 0 Å². The summed E-state index contributed by atoms with van der Waals surface area (Å²) in [6.07, 6.45) is 5.61. The van der Waals surface area contributed by atoms with Crippen LogP contribution in [0.5, 0.6) is 11.5 Å². The number of fused-ring (bicyclic) bond motifs is 1. The molecule has 31 heavy (non-hydrogen) atoms. The maximum atomic E-state index is 6.25. The highest BCUT2D eigenvalue weighted by Gasteiger charge is 2.21. The molecule has 0 saturated heterocycles. The summed E-state index contributed by atoms with van der Waals surface area (Å²) in [5.41, 5.74) is 1.90. The van der Waals surface area contributed by atoms with Crippen molar-refractivity contribution in [1.29, 1.82) is 0 Å². The molecule has 2 heterocycles. The van der Waals surface area contributed by atoms with Crippen molar-refractivity contribution in [3.63, 3.8) is 0 Å². The van der Waals surface area contributed by atoms with Crippen molar-refractivity contribution in [1.82, 2.24) is 19.9 Å².